The fourth-order valence-corrected chi connectivity index (χ4v) is 3.02. The Kier molecular flexibility index (Phi) is 8.08. The average Bonchev–Trinajstić information content (AvgIpc) is 2.86. The maximum Gasteiger partial charge on any atom is 0.416 e. The molecule has 0 radical (unpaired) electrons. The van der Waals surface area contributed by atoms with Gasteiger partial charge in [0.25, 0.3) is 11.8 Å². The number of hydrogen-bond acceptors (Lipinski definition) is 5. The van der Waals surface area contributed by atoms with Gasteiger partial charge < -0.3 is 20.1 Å². The van der Waals surface area contributed by atoms with Crippen molar-refractivity contribution in [1.29, 1.82) is 0 Å². The molecule has 3 aromatic rings. The molecule has 2 amide bonds. The highest BCUT2D eigenvalue weighted by molar-refractivity contribution is 5.98. The lowest BCUT2D eigenvalue weighted by atomic mass is 10.1. The summed E-state index contributed by atoms with van der Waals surface area (Å²) < 4.78 is 48.4. The fourth-order valence-electron chi connectivity index (χ4n) is 3.02. The Labute approximate surface area is 198 Å². The van der Waals surface area contributed by atoms with Gasteiger partial charge in [-0.1, -0.05) is 30.3 Å². The van der Waals surface area contributed by atoms with Crippen molar-refractivity contribution in [3.63, 3.8) is 0 Å². The predicted octanol–water partition coefficient (Wildman–Crippen LogP) is 4.37. The molecule has 0 aliphatic heterocycles. The SMILES string of the molecule is COc1ccc(NC(=O)C(OC(=O)CNC(=O)c2ccc(C(F)(F)F)cc2)c2ccccc2)cc1. The zero-order valence-electron chi connectivity index (χ0n) is 18.5. The molecule has 0 aliphatic carbocycles. The molecule has 0 saturated heterocycles. The number of nitrogens with one attached hydrogen (secondary N) is 2. The molecular formula is C25H21F3N2O5. The lowest BCUT2D eigenvalue weighted by molar-refractivity contribution is -0.153. The minimum atomic E-state index is -4.53. The molecular weight excluding hydrogens is 465 g/mol. The minimum Gasteiger partial charge on any atom is -0.497 e. The van der Waals surface area contributed by atoms with E-state index in [4.69, 9.17) is 9.47 Å². The Morgan fingerprint density at radius 1 is 0.886 bits per heavy atom. The van der Waals surface area contributed by atoms with E-state index in [0.29, 0.717) is 17.0 Å². The molecule has 3 rings (SSSR count). The van der Waals surface area contributed by atoms with Crippen molar-refractivity contribution in [2.45, 2.75) is 12.3 Å². The predicted molar refractivity (Wildman–Crippen MR) is 121 cm³/mol. The highest BCUT2D eigenvalue weighted by atomic mass is 19.4. The maximum atomic E-state index is 12.9. The quantitative estimate of drug-likeness (QED) is 0.462. The smallest absolute Gasteiger partial charge is 0.416 e. The van der Waals surface area contributed by atoms with E-state index in [9.17, 15) is 27.6 Å². The fraction of sp³-hybridized carbons (Fsp3) is 0.160. The molecule has 7 nitrogen and oxygen atoms in total. The third-order valence-corrected chi connectivity index (χ3v) is 4.82. The molecule has 35 heavy (non-hydrogen) atoms. The van der Waals surface area contributed by atoms with Crippen LogP contribution in [0.4, 0.5) is 18.9 Å². The summed E-state index contributed by atoms with van der Waals surface area (Å²) in [5.41, 5.74) is -0.117. The van der Waals surface area contributed by atoms with Crippen molar-refractivity contribution in [2.75, 3.05) is 19.0 Å². The first-order valence-corrected chi connectivity index (χ1v) is 10.3. The van der Waals surface area contributed by atoms with Crippen molar-refractivity contribution in [2.24, 2.45) is 0 Å². The summed E-state index contributed by atoms with van der Waals surface area (Å²) in [6.45, 7) is -0.598. The molecule has 0 aromatic heterocycles. The van der Waals surface area contributed by atoms with Crippen LogP contribution in [-0.2, 0) is 20.5 Å². The second-order valence-electron chi connectivity index (χ2n) is 7.26. The van der Waals surface area contributed by atoms with Crippen molar-refractivity contribution < 1.29 is 37.0 Å². The van der Waals surface area contributed by atoms with Crippen LogP contribution in [0, 0.1) is 0 Å². The van der Waals surface area contributed by atoms with Crippen LogP contribution in [0.1, 0.15) is 27.6 Å². The van der Waals surface area contributed by atoms with Crippen molar-refractivity contribution in [3.8, 4) is 5.75 Å². The lowest BCUT2D eigenvalue weighted by Crippen LogP contribution is -2.33. The van der Waals surface area contributed by atoms with E-state index >= 15 is 0 Å². The number of alkyl halides is 3. The number of halogens is 3. The van der Waals surface area contributed by atoms with Gasteiger partial charge in [-0.05, 0) is 48.5 Å². The van der Waals surface area contributed by atoms with Crippen LogP contribution in [0.25, 0.3) is 0 Å². The first-order chi connectivity index (χ1) is 16.7. The van der Waals surface area contributed by atoms with Gasteiger partial charge in [-0.2, -0.15) is 13.2 Å². The molecule has 0 aliphatic rings. The molecule has 3 aromatic carbocycles. The highest BCUT2D eigenvalue weighted by Gasteiger charge is 2.30. The summed E-state index contributed by atoms with van der Waals surface area (Å²) in [7, 11) is 1.51. The molecule has 1 unspecified atom stereocenters. The lowest BCUT2D eigenvalue weighted by Gasteiger charge is -2.18. The first-order valence-electron chi connectivity index (χ1n) is 10.3. The number of hydrogen-bond donors (Lipinski definition) is 2. The van der Waals surface area contributed by atoms with E-state index in [2.05, 4.69) is 10.6 Å². The number of esters is 1. The molecule has 2 N–H and O–H groups in total. The van der Waals surface area contributed by atoms with E-state index in [-0.39, 0.29) is 5.56 Å². The van der Waals surface area contributed by atoms with Crippen LogP contribution in [-0.4, -0.2) is 31.4 Å². The van der Waals surface area contributed by atoms with E-state index in [1.54, 1.807) is 54.6 Å². The summed E-state index contributed by atoms with van der Waals surface area (Å²) in [4.78, 5) is 37.5. The van der Waals surface area contributed by atoms with Gasteiger partial charge in [0.05, 0.1) is 12.7 Å². The molecule has 1 atom stereocenters. The Morgan fingerprint density at radius 2 is 1.51 bits per heavy atom. The van der Waals surface area contributed by atoms with Gasteiger partial charge in [0.15, 0.2) is 0 Å². The normalized spacial score (nSPS) is 11.8. The van der Waals surface area contributed by atoms with Gasteiger partial charge in [0.2, 0.25) is 6.10 Å². The topological polar surface area (TPSA) is 93.7 Å². The van der Waals surface area contributed by atoms with Gasteiger partial charge in [0, 0.05) is 16.8 Å². The summed E-state index contributed by atoms with van der Waals surface area (Å²) in [6.07, 6.45) is -5.84. The molecule has 0 heterocycles. The van der Waals surface area contributed by atoms with Gasteiger partial charge in [-0.3, -0.25) is 14.4 Å². The first kappa shape index (κ1) is 25.3. The van der Waals surface area contributed by atoms with Crippen molar-refractivity contribution in [3.05, 3.63) is 95.6 Å². The molecule has 0 bridgehead atoms. The number of ether oxygens (including phenoxy) is 2. The summed E-state index contributed by atoms with van der Waals surface area (Å²) in [5, 5.41) is 4.93. The van der Waals surface area contributed by atoms with Crippen LogP contribution >= 0.6 is 0 Å². The second kappa shape index (κ2) is 11.2. The highest BCUT2D eigenvalue weighted by Crippen LogP contribution is 2.29. The second-order valence-corrected chi connectivity index (χ2v) is 7.26. The summed E-state index contributed by atoms with van der Waals surface area (Å²) >= 11 is 0. The average molecular weight is 486 g/mol. The van der Waals surface area contributed by atoms with E-state index < -0.39 is 42.2 Å². The van der Waals surface area contributed by atoms with Crippen LogP contribution < -0.4 is 15.4 Å². The molecule has 0 spiro atoms. The van der Waals surface area contributed by atoms with Gasteiger partial charge in [0.1, 0.15) is 12.3 Å². The minimum absolute atomic E-state index is 0.0670. The Bertz CT molecular complexity index is 1160. The third-order valence-electron chi connectivity index (χ3n) is 4.82. The summed E-state index contributed by atoms with van der Waals surface area (Å²) in [6, 6.07) is 18.3. The van der Waals surface area contributed by atoms with Crippen LogP contribution in [0.5, 0.6) is 5.75 Å². The molecule has 10 heteroatoms. The van der Waals surface area contributed by atoms with Gasteiger partial charge >= 0.3 is 12.1 Å². The molecule has 0 fully saturated rings. The molecule has 182 valence electrons. The largest absolute Gasteiger partial charge is 0.497 e. The summed E-state index contributed by atoms with van der Waals surface area (Å²) in [5.74, 6) is -1.71. The Morgan fingerprint density at radius 3 is 2.09 bits per heavy atom. The van der Waals surface area contributed by atoms with Crippen molar-refractivity contribution in [1.82, 2.24) is 5.32 Å². The van der Waals surface area contributed by atoms with Crippen LogP contribution in [0.3, 0.4) is 0 Å². The van der Waals surface area contributed by atoms with E-state index in [0.717, 1.165) is 24.3 Å². The third kappa shape index (κ3) is 7.07. The number of rotatable bonds is 8. The Balaban J connectivity index is 1.64. The maximum absolute atomic E-state index is 12.9. The molecule has 0 saturated carbocycles. The number of carbonyl (C=O) groups excluding carboxylic acids is 3. The van der Waals surface area contributed by atoms with Crippen LogP contribution in [0.15, 0.2) is 78.9 Å². The van der Waals surface area contributed by atoms with E-state index in [1.807, 2.05) is 0 Å². The number of benzene rings is 3. The van der Waals surface area contributed by atoms with Gasteiger partial charge in [-0.25, -0.2) is 0 Å². The Hall–Kier alpha value is -4.34. The van der Waals surface area contributed by atoms with Crippen LogP contribution in [0.2, 0.25) is 0 Å². The monoisotopic (exact) mass is 486 g/mol. The van der Waals surface area contributed by atoms with Crippen molar-refractivity contribution >= 4 is 23.5 Å². The number of methoxy groups -OCH3 is 1. The number of anilines is 1. The van der Waals surface area contributed by atoms with Gasteiger partial charge in [-0.15, -0.1) is 0 Å². The zero-order valence-corrected chi connectivity index (χ0v) is 18.5. The number of amides is 2. The number of carbonyl (C=O) groups is 3. The van der Waals surface area contributed by atoms with E-state index in [1.165, 1.54) is 7.11 Å². The zero-order chi connectivity index (χ0) is 25.4. The standard InChI is InChI=1S/C25H21F3N2O5/c1-34-20-13-11-19(12-14-20)30-24(33)22(16-5-3-2-4-6-16)35-21(31)15-29-23(32)17-7-9-18(10-8-17)25(26,27)28/h2-14,22H,15H2,1H3,(H,29,32)(H,30,33).